The van der Waals surface area contributed by atoms with E-state index in [1.165, 1.54) is 18.7 Å². The molecular formula is C14H19NO5S. The Bertz CT molecular complexity index is 502. The van der Waals surface area contributed by atoms with Crippen LogP contribution in [0.5, 0.6) is 0 Å². The molecule has 2 rings (SSSR count). The summed E-state index contributed by atoms with van der Waals surface area (Å²) in [5, 5.41) is 22.1. The molecule has 116 valence electrons. The third-order valence-electron chi connectivity index (χ3n) is 3.95. The Morgan fingerprint density at radius 2 is 2.14 bits per heavy atom. The zero-order valence-electron chi connectivity index (χ0n) is 11.8. The van der Waals surface area contributed by atoms with Crippen LogP contribution in [0.25, 0.3) is 0 Å². The first-order valence-electron chi connectivity index (χ1n) is 6.91. The highest BCUT2D eigenvalue weighted by Crippen LogP contribution is 2.48. The van der Waals surface area contributed by atoms with Gasteiger partial charge in [0.05, 0.1) is 12.0 Å². The van der Waals surface area contributed by atoms with Crippen molar-refractivity contribution < 1.29 is 24.6 Å². The van der Waals surface area contributed by atoms with E-state index in [0.717, 1.165) is 0 Å². The Hall–Kier alpha value is -1.34. The van der Waals surface area contributed by atoms with E-state index in [9.17, 15) is 24.6 Å². The van der Waals surface area contributed by atoms with E-state index in [1.807, 2.05) is 0 Å². The fourth-order valence-corrected chi connectivity index (χ4v) is 3.80. The maximum absolute atomic E-state index is 11.5. The summed E-state index contributed by atoms with van der Waals surface area (Å²) in [4.78, 5) is 33.6. The molecule has 0 aromatic rings. The van der Waals surface area contributed by atoms with Crippen LogP contribution in [-0.2, 0) is 14.4 Å². The molecule has 2 aliphatic rings. The van der Waals surface area contributed by atoms with Crippen molar-refractivity contribution in [2.75, 3.05) is 18.1 Å². The Morgan fingerprint density at radius 3 is 2.71 bits per heavy atom. The molecule has 0 aromatic carbocycles. The third-order valence-corrected chi connectivity index (χ3v) is 4.99. The summed E-state index contributed by atoms with van der Waals surface area (Å²) in [6.07, 6.45) is 0.0931. The molecule has 3 N–H and O–H groups in total. The fraction of sp³-hybridized carbons (Fsp3) is 0.643. The van der Waals surface area contributed by atoms with Crippen LogP contribution in [0.3, 0.4) is 0 Å². The first-order valence-corrected chi connectivity index (χ1v) is 8.06. The normalized spacial score (nSPS) is 25.3. The van der Waals surface area contributed by atoms with E-state index in [0.29, 0.717) is 36.5 Å². The lowest BCUT2D eigenvalue weighted by Gasteiger charge is -2.29. The number of aliphatic hydroxyl groups is 1. The summed E-state index contributed by atoms with van der Waals surface area (Å²) < 4.78 is 0. The minimum Gasteiger partial charge on any atom is -0.478 e. The molecule has 1 saturated carbocycles. The van der Waals surface area contributed by atoms with Gasteiger partial charge in [-0.2, -0.15) is 11.8 Å². The monoisotopic (exact) mass is 313 g/mol. The van der Waals surface area contributed by atoms with Crippen molar-refractivity contribution in [2.24, 2.45) is 11.8 Å². The van der Waals surface area contributed by atoms with Crippen LogP contribution in [0.2, 0.25) is 0 Å². The topological polar surface area (TPSA) is 104 Å². The first kappa shape index (κ1) is 16.0. The molecule has 1 fully saturated rings. The molecule has 0 heterocycles. The molecule has 0 aliphatic heterocycles. The molecule has 3 unspecified atom stereocenters. The van der Waals surface area contributed by atoms with E-state index >= 15 is 0 Å². The number of ketones is 1. The van der Waals surface area contributed by atoms with Gasteiger partial charge in [-0.05, 0) is 17.9 Å². The van der Waals surface area contributed by atoms with Gasteiger partial charge >= 0.3 is 5.97 Å². The van der Waals surface area contributed by atoms with Gasteiger partial charge in [-0.3, -0.25) is 9.59 Å². The minimum atomic E-state index is -1.09. The number of rotatable bonds is 7. The maximum atomic E-state index is 11.5. The standard InChI is InChI=1S/C14H19NO5S/c1-7(16)15-2-3-21-6-11(18)9-4-8-5-10(17)12(8)13(9)14(19)20/h8,11-12,18H,2-6H2,1H3,(H,15,16)(H,19,20). The molecule has 0 radical (unpaired) electrons. The number of carbonyl (C=O) groups is 3. The Kier molecular flexibility index (Phi) is 5.05. The molecule has 0 spiro atoms. The van der Waals surface area contributed by atoms with Crippen LogP contribution in [0.4, 0.5) is 0 Å². The van der Waals surface area contributed by atoms with Gasteiger partial charge in [0.15, 0.2) is 0 Å². The van der Waals surface area contributed by atoms with Gasteiger partial charge in [0.1, 0.15) is 5.78 Å². The number of aliphatic carboxylic acids is 1. The van der Waals surface area contributed by atoms with E-state index < -0.39 is 18.0 Å². The minimum absolute atomic E-state index is 0.0297. The fourth-order valence-electron chi connectivity index (χ4n) is 2.97. The molecule has 0 bridgehead atoms. The molecule has 1 amide bonds. The number of amides is 1. The van der Waals surface area contributed by atoms with Crippen LogP contribution in [0.15, 0.2) is 11.1 Å². The van der Waals surface area contributed by atoms with Crippen molar-refractivity contribution in [2.45, 2.75) is 25.9 Å². The number of fused-ring (bicyclic) bond motifs is 1. The highest BCUT2D eigenvalue weighted by molar-refractivity contribution is 7.99. The summed E-state index contributed by atoms with van der Waals surface area (Å²) in [6.45, 7) is 1.95. The number of carbonyl (C=O) groups excluding carboxylic acids is 2. The van der Waals surface area contributed by atoms with E-state index in [2.05, 4.69) is 5.32 Å². The van der Waals surface area contributed by atoms with Crippen LogP contribution in [-0.4, -0.2) is 52.0 Å². The first-order chi connectivity index (χ1) is 9.91. The van der Waals surface area contributed by atoms with Gasteiger partial charge in [-0.1, -0.05) is 0 Å². The average molecular weight is 313 g/mol. The summed E-state index contributed by atoms with van der Waals surface area (Å²) in [6, 6.07) is 0. The maximum Gasteiger partial charge on any atom is 0.332 e. The Balaban J connectivity index is 1.89. The summed E-state index contributed by atoms with van der Waals surface area (Å²) in [7, 11) is 0. The zero-order valence-corrected chi connectivity index (χ0v) is 12.6. The number of carboxylic acid groups (broad SMARTS) is 1. The smallest absolute Gasteiger partial charge is 0.332 e. The van der Waals surface area contributed by atoms with Crippen molar-refractivity contribution in [3.63, 3.8) is 0 Å². The van der Waals surface area contributed by atoms with Crippen molar-refractivity contribution >= 4 is 29.4 Å². The van der Waals surface area contributed by atoms with Crippen LogP contribution >= 0.6 is 11.8 Å². The second kappa shape index (κ2) is 6.62. The number of hydrogen-bond donors (Lipinski definition) is 3. The summed E-state index contributed by atoms with van der Waals surface area (Å²) in [5.41, 5.74) is 0.626. The second-order valence-electron chi connectivity index (χ2n) is 5.43. The lowest BCUT2D eigenvalue weighted by molar-refractivity contribution is -0.138. The molecule has 0 saturated heterocycles. The molecular weight excluding hydrogens is 294 g/mol. The van der Waals surface area contributed by atoms with E-state index in [-0.39, 0.29) is 23.2 Å². The number of Topliss-reactive ketones (excluding diaryl/α,β-unsaturated/α-hetero) is 1. The number of thioether (sulfide) groups is 1. The number of hydrogen-bond acceptors (Lipinski definition) is 5. The van der Waals surface area contributed by atoms with Crippen molar-refractivity contribution in [1.82, 2.24) is 5.32 Å². The molecule has 21 heavy (non-hydrogen) atoms. The van der Waals surface area contributed by atoms with Crippen molar-refractivity contribution in [3.05, 3.63) is 11.1 Å². The molecule has 0 aromatic heterocycles. The van der Waals surface area contributed by atoms with Gasteiger partial charge in [0.25, 0.3) is 0 Å². The lowest BCUT2D eigenvalue weighted by atomic mass is 9.72. The average Bonchev–Trinajstić information content (AvgIpc) is 2.71. The molecule has 7 heteroatoms. The second-order valence-corrected chi connectivity index (χ2v) is 6.58. The SMILES string of the molecule is CC(=O)NCCSCC(O)C1=C(C(=O)O)C2C(=O)CC2C1. The quantitative estimate of drug-likeness (QED) is 0.580. The Labute approximate surface area is 127 Å². The zero-order chi connectivity index (χ0) is 15.6. The van der Waals surface area contributed by atoms with Gasteiger partial charge in [-0.15, -0.1) is 0 Å². The van der Waals surface area contributed by atoms with Crippen LogP contribution in [0.1, 0.15) is 19.8 Å². The van der Waals surface area contributed by atoms with Gasteiger partial charge in [0, 0.05) is 37.0 Å². The van der Waals surface area contributed by atoms with Gasteiger partial charge < -0.3 is 15.5 Å². The van der Waals surface area contributed by atoms with Crippen molar-refractivity contribution in [3.8, 4) is 0 Å². The predicted molar refractivity (Wildman–Crippen MR) is 77.9 cm³/mol. The predicted octanol–water partition coefficient (Wildman–Crippen LogP) is 0.207. The Morgan fingerprint density at radius 1 is 1.43 bits per heavy atom. The van der Waals surface area contributed by atoms with Crippen LogP contribution < -0.4 is 5.32 Å². The highest BCUT2D eigenvalue weighted by atomic mass is 32.2. The number of nitrogens with one attached hydrogen (secondary N) is 1. The van der Waals surface area contributed by atoms with Crippen LogP contribution in [0, 0.1) is 11.8 Å². The van der Waals surface area contributed by atoms with E-state index in [1.54, 1.807) is 0 Å². The number of carboxylic acids is 1. The summed E-state index contributed by atoms with van der Waals surface area (Å²) >= 11 is 1.45. The largest absolute Gasteiger partial charge is 0.478 e. The molecule has 6 nitrogen and oxygen atoms in total. The third kappa shape index (κ3) is 3.47. The van der Waals surface area contributed by atoms with Gasteiger partial charge in [0.2, 0.25) is 5.91 Å². The van der Waals surface area contributed by atoms with Gasteiger partial charge in [-0.25, -0.2) is 4.79 Å². The van der Waals surface area contributed by atoms with E-state index in [4.69, 9.17) is 0 Å². The summed E-state index contributed by atoms with van der Waals surface area (Å²) in [5.74, 6) is -0.630. The molecule has 3 atom stereocenters. The lowest BCUT2D eigenvalue weighted by Crippen LogP contribution is -2.36. The highest BCUT2D eigenvalue weighted by Gasteiger charge is 2.51. The number of aliphatic hydroxyl groups excluding tert-OH is 1. The molecule has 2 aliphatic carbocycles. The van der Waals surface area contributed by atoms with Crippen molar-refractivity contribution in [1.29, 1.82) is 0 Å².